The molecule has 0 N–H and O–H groups in total. The van der Waals surface area contributed by atoms with Crippen molar-refractivity contribution in [3.05, 3.63) is 23.9 Å². The summed E-state index contributed by atoms with van der Waals surface area (Å²) in [7, 11) is 0. The number of hydrogen-bond donors (Lipinski definition) is 0. The third-order valence-corrected chi connectivity index (χ3v) is 0.832. The molecule has 0 spiro atoms. The van der Waals surface area contributed by atoms with Gasteiger partial charge in [0.15, 0.2) is 0 Å². The molecular weight excluding hydrogens is 148 g/mol. The highest BCUT2D eigenvalue weighted by molar-refractivity contribution is 6.31. The predicted octanol–water partition coefficient (Wildman–Crippen LogP) is 3.32. The molecular formula is C8H15ClO. The fraction of sp³-hybridized carbons (Fsp3) is 0.500. The summed E-state index contributed by atoms with van der Waals surface area (Å²) in [5.41, 5.74) is 0. The van der Waals surface area contributed by atoms with Crippen molar-refractivity contribution in [3.63, 3.8) is 0 Å². The van der Waals surface area contributed by atoms with Crippen LogP contribution in [-0.2, 0) is 4.74 Å². The number of hydrogen-bond acceptors (Lipinski definition) is 1. The molecule has 0 fully saturated rings. The maximum absolute atomic E-state index is 5.39. The number of allylic oxidation sites excluding steroid dienone is 1. The van der Waals surface area contributed by atoms with Gasteiger partial charge in [0, 0.05) is 0 Å². The molecule has 60 valence electrons. The first-order chi connectivity index (χ1) is 4.68. The van der Waals surface area contributed by atoms with Crippen LogP contribution in [0.25, 0.3) is 0 Å². The molecule has 1 nitrogen and oxygen atoms in total. The van der Waals surface area contributed by atoms with Crippen LogP contribution in [0.15, 0.2) is 23.9 Å². The quantitative estimate of drug-likeness (QED) is 0.457. The monoisotopic (exact) mass is 162 g/mol. The zero-order valence-electron chi connectivity index (χ0n) is 6.91. The Bertz CT molecular complexity index is 108. The Hall–Kier alpha value is -0.430. The van der Waals surface area contributed by atoms with Gasteiger partial charge in [0.1, 0.15) is 5.76 Å². The summed E-state index contributed by atoms with van der Waals surface area (Å²) in [4.78, 5) is 0. The van der Waals surface area contributed by atoms with Crippen LogP contribution in [0.3, 0.4) is 0 Å². The predicted molar refractivity (Wildman–Crippen MR) is 47.1 cm³/mol. The molecule has 0 radical (unpaired) electrons. The van der Waals surface area contributed by atoms with Crippen LogP contribution in [-0.4, -0.2) is 6.61 Å². The molecule has 0 bridgehead atoms. The van der Waals surface area contributed by atoms with Crippen molar-refractivity contribution in [2.24, 2.45) is 0 Å². The van der Waals surface area contributed by atoms with Gasteiger partial charge >= 0.3 is 0 Å². The van der Waals surface area contributed by atoms with Crippen molar-refractivity contribution < 1.29 is 4.74 Å². The van der Waals surface area contributed by atoms with Gasteiger partial charge in [0.25, 0.3) is 0 Å². The lowest BCUT2D eigenvalue weighted by Crippen LogP contribution is -1.87. The van der Waals surface area contributed by atoms with Crippen LogP contribution in [0.4, 0.5) is 0 Å². The van der Waals surface area contributed by atoms with Crippen LogP contribution < -0.4 is 0 Å². The van der Waals surface area contributed by atoms with E-state index in [0.29, 0.717) is 17.4 Å². The molecule has 0 atom stereocenters. The lowest BCUT2D eigenvalue weighted by molar-refractivity contribution is 0.242. The van der Waals surface area contributed by atoms with Crippen LogP contribution >= 0.6 is 11.6 Å². The summed E-state index contributed by atoms with van der Waals surface area (Å²) in [6, 6.07) is 0. The highest BCUT2D eigenvalue weighted by Gasteiger charge is 1.92. The highest BCUT2D eigenvalue weighted by Crippen LogP contribution is 2.09. The van der Waals surface area contributed by atoms with E-state index in [1.807, 2.05) is 20.8 Å². The molecule has 0 aliphatic rings. The summed E-state index contributed by atoms with van der Waals surface area (Å²) < 4.78 is 4.88. The van der Waals surface area contributed by atoms with E-state index in [0.717, 1.165) is 0 Å². The fourth-order valence-electron chi connectivity index (χ4n) is 0.253. The van der Waals surface area contributed by atoms with E-state index in [2.05, 4.69) is 13.2 Å². The minimum Gasteiger partial charge on any atom is -0.493 e. The van der Waals surface area contributed by atoms with Crippen LogP contribution in [0.2, 0.25) is 0 Å². The van der Waals surface area contributed by atoms with Gasteiger partial charge in [-0.1, -0.05) is 38.6 Å². The highest BCUT2D eigenvalue weighted by atomic mass is 35.5. The second-order valence-electron chi connectivity index (χ2n) is 1.26. The van der Waals surface area contributed by atoms with E-state index in [9.17, 15) is 0 Å². The summed E-state index contributed by atoms with van der Waals surface area (Å²) >= 11 is 5.39. The van der Waals surface area contributed by atoms with Crippen molar-refractivity contribution >= 4 is 11.6 Å². The number of halogens is 1. The molecule has 0 heterocycles. The average molecular weight is 163 g/mol. The molecule has 0 aromatic carbocycles. The van der Waals surface area contributed by atoms with Crippen LogP contribution in [0, 0.1) is 0 Å². The smallest absolute Gasteiger partial charge is 0.130 e. The summed E-state index contributed by atoms with van der Waals surface area (Å²) in [5, 5.41) is 0.367. The number of ether oxygens (including phenoxy) is 1. The van der Waals surface area contributed by atoms with E-state index >= 15 is 0 Å². The minimum atomic E-state index is 0.367. The summed E-state index contributed by atoms with van der Waals surface area (Å²) in [5.74, 6) is 0.453. The molecule has 0 aromatic rings. The van der Waals surface area contributed by atoms with Gasteiger partial charge in [0.05, 0.1) is 11.6 Å². The van der Waals surface area contributed by atoms with E-state index in [1.54, 1.807) is 0 Å². The molecule has 0 saturated heterocycles. The largest absolute Gasteiger partial charge is 0.493 e. The SMILES string of the molecule is C=C(Cl)C(=C)OCC.CC. The average Bonchev–Trinajstić information content (AvgIpc) is 1.93. The van der Waals surface area contributed by atoms with E-state index < -0.39 is 0 Å². The summed E-state index contributed by atoms with van der Waals surface area (Å²) in [6.07, 6.45) is 0. The van der Waals surface area contributed by atoms with Crippen molar-refractivity contribution in [2.45, 2.75) is 20.8 Å². The lowest BCUT2D eigenvalue weighted by atomic mass is 10.5. The first-order valence-electron chi connectivity index (χ1n) is 3.35. The third kappa shape index (κ3) is 7.57. The van der Waals surface area contributed by atoms with Gasteiger partial charge in [-0.05, 0) is 6.92 Å². The van der Waals surface area contributed by atoms with Crippen molar-refractivity contribution in [1.29, 1.82) is 0 Å². The van der Waals surface area contributed by atoms with Gasteiger partial charge in [-0.2, -0.15) is 0 Å². The van der Waals surface area contributed by atoms with Crippen molar-refractivity contribution in [2.75, 3.05) is 6.61 Å². The molecule has 0 saturated carbocycles. The molecule has 0 aromatic heterocycles. The zero-order valence-corrected chi connectivity index (χ0v) is 7.66. The Morgan fingerprint density at radius 3 is 1.90 bits per heavy atom. The molecule has 0 unspecified atom stereocenters. The van der Waals surface area contributed by atoms with Crippen LogP contribution in [0.1, 0.15) is 20.8 Å². The fourth-order valence-corrected chi connectivity index (χ4v) is 0.307. The first kappa shape index (κ1) is 12.3. The van der Waals surface area contributed by atoms with Gasteiger partial charge < -0.3 is 4.74 Å². The van der Waals surface area contributed by atoms with Gasteiger partial charge in [0.2, 0.25) is 0 Å². The Kier molecular flexibility index (Phi) is 10.5. The maximum atomic E-state index is 5.39. The second kappa shape index (κ2) is 8.57. The van der Waals surface area contributed by atoms with E-state index in [1.165, 1.54) is 0 Å². The third-order valence-electron chi connectivity index (χ3n) is 0.621. The lowest BCUT2D eigenvalue weighted by Gasteiger charge is -2.01. The van der Waals surface area contributed by atoms with Crippen LogP contribution in [0.5, 0.6) is 0 Å². The van der Waals surface area contributed by atoms with Crippen molar-refractivity contribution in [1.82, 2.24) is 0 Å². The van der Waals surface area contributed by atoms with E-state index in [4.69, 9.17) is 16.3 Å². The molecule has 10 heavy (non-hydrogen) atoms. The standard InChI is InChI=1S/C6H9ClO.C2H6/c1-4-8-6(3)5(2)7;1-2/h2-4H2,1H3;1-2H3. The minimum absolute atomic E-state index is 0.367. The number of rotatable bonds is 3. The van der Waals surface area contributed by atoms with Gasteiger partial charge in [-0.25, -0.2) is 0 Å². The normalized spacial score (nSPS) is 7.20. The first-order valence-corrected chi connectivity index (χ1v) is 3.72. The maximum Gasteiger partial charge on any atom is 0.130 e. The topological polar surface area (TPSA) is 9.23 Å². The molecule has 2 heteroatoms. The Labute approximate surface area is 68.3 Å². The van der Waals surface area contributed by atoms with Gasteiger partial charge in [-0.15, -0.1) is 0 Å². The zero-order chi connectivity index (χ0) is 8.57. The second-order valence-corrected chi connectivity index (χ2v) is 1.72. The molecule has 0 aliphatic carbocycles. The summed E-state index contributed by atoms with van der Waals surface area (Å²) in [6.45, 7) is 13.4. The van der Waals surface area contributed by atoms with Crippen molar-refractivity contribution in [3.8, 4) is 0 Å². The van der Waals surface area contributed by atoms with Gasteiger partial charge in [-0.3, -0.25) is 0 Å². The Morgan fingerprint density at radius 1 is 1.40 bits per heavy atom. The van der Waals surface area contributed by atoms with E-state index in [-0.39, 0.29) is 0 Å². The Morgan fingerprint density at radius 2 is 1.80 bits per heavy atom. The Balaban J connectivity index is 0. The molecule has 0 aliphatic heterocycles. The molecule has 0 rings (SSSR count). The molecule has 0 amide bonds.